The number of amides is 1. The van der Waals surface area contributed by atoms with Crippen molar-refractivity contribution in [1.82, 2.24) is 20.1 Å². The van der Waals surface area contributed by atoms with E-state index in [0.717, 1.165) is 24.2 Å². The zero-order valence-electron chi connectivity index (χ0n) is 15.0. The van der Waals surface area contributed by atoms with E-state index >= 15 is 0 Å². The smallest absolute Gasteiger partial charge is 0.252 e. The van der Waals surface area contributed by atoms with E-state index in [0.29, 0.717) is 33.7 Å². The summed E-state index contributed by atoms with van der Waals surface area (Å²) in [6.07, 6.45) is 2.26. The Labute approximate surface area is 165 Å². The quantitative estimate of drug-likeness (QED) is 0.696. The number of fused-ring (bicyclic) bond motifs is 1. The second-order valence-electron chi connectivity index (χ2n) is 7.18. The molecule has 1 amide bonds. The average molecular weight is 398 g/mol. The zero-order valence-corrected chi connectivity index (χ0v) is 15.8. The number of hydrogen-bond donors (Lipinski definition) is 2. The lowest BCUT2D eigenvalue weighted by molar-refractivity contribution is 0.0960. The van der Waals surface area contributed by atoms with Gasteiger partial charge in [-0.15, -0.1) is 10.2 Å². The molecule has 1 aliphatic heterocycles. The standard InChI is InChI=1S/C20H17ClFN5O/c1-27-18(10-5-6-10)25-26-20(27)23-15-4-2-3-12-16(15)17(24-19(12)28)13-9-11(22)7-8-14(13)21/h2-4,7-10,17H,5-6H2,1H3,(H,23,26)(H,24,28). The van der Waals surface area contributed by atoms with Gasteiger partial charge in [-0.1, -0.05) is 17.7 Å². The summed E-state index contributed by atoms with van der Waals surface area (Å²) in [4.78, 5) is 12.5. The third-order valence-corrected chi connectivity index (χ3v) is 5.63. The van der Waals surface area contributed by atoms with E-state index in [2.05, 4.69) is 20.8 Å². The first-order valence-electron chi connectivity index (χ1n) is 9.08. The molecule has 1 unspecified atom stereocenters. The first-order chi connectivity index (χ1) is 13.5. The van der Waals surface area contributed by atoms with Crippen LogP contribution in [-0.2, 0) is 7.05 Å². The Kier molecular flexibility index (Phi) is 3.87. The molecule has 1 atom stereocenters. The molecule has 2 heterocycles. The van der Waals surface area contributed by atoms with Gasteiger partial charge in [0.05, 0.1) is 6.04 Å². The second-order valence-corrected chi connectivity index (χ2v) is 7.59. The van der Waals surface area contributed by atoms with Gasteiger partial charge < -0.3 is 15.2 Å². The second kappa shape index (κ2) is 6.31. The lowest BCUT2D eigenvalue weighted by atomic mass is 9.96. The fourth-order valence-corrected chi connectivity index (χ4v) is 3.93. The van der Waals surface area contributed by atoms with Crippen molar-refractivity contribution in [2.24, 2.45) is 7.05 Å². The van der Waals surface area contributed by atoms with Crippen LogP contribution in [0.1, 0.15) is 52.1 Å². The summed E-state index contributed by atoms with van der Waals surface area (Å²) in [6, 6.07) is 9.01. The molecule has 2 N–H and O–H groups in total. The number of halogens is 2. The van der Waals surface area contributed by atoms with Crippen molar-refractivity contribution < 1.29 is 9.18 Å². The first kappa shape index (κ1) is 17.2. The van der Waals surface area contributed by atoms with Gasteiger partial charge in [-0.25, -0.2) is 4.39 Å². The van der Waals surface area contributed by atoms with Crippen LogP contribution in [0.15, 0.2) is 36.4 Å². The van der Waals surface area contributed by atoms with E-state index in [1.54, 1.807) is 12.1 Å². The van der Waals surface area contributed by atoms with Crippen molar-refractivity contribution in [3.05, 3.63) is 69.8 Å². The summed E-state index contributed by atoms with van der Waals surface area (Å²) in [7, 11) is 1.92. The number of anilines is 2. The Morgan fingerprint density at radius 2 is 2.07 bits per heavy atom. The van der Waals surface area contributed by atoms with Crippen LogP contribution in [-0.4, -0.2) is 20.7 Å². The van der Waals surface area contributed by atoms with Gasteiger partial charge in [-0.3, -0.25) is 4.79 Å². The molecule has 1 aromatic heterocycles. The van der Waals surface area contributed by atoms with Crippen LogP contribution in [0.25, 0.3) is 0 Å². The maximum absolute atomic E-state index is 13.8. The lowest BCUT2D eigenvalue weighted by Gasteiger charge is -2.18. The molecule has 0 bridgehead atoms. The van der Waals surface area contributed by atoms with Crippen LogP contribution < -0.4 is 10.6 Å². The molecule has 28 heavy (non-hydrogen) atoms. The van der Waals surface area contributed by atoms with Gasteiger partial charge in [0.1, 0.15) is 11.6 Å². The highest BCUT2D eigenvalue weighted by Crippen LogP contribution is 2.41. The van der Waals surface area contributed by atoms with E-state index in [4.69, 9.17) is 11.6 Å². The van der Waals surface area contributed by atoms with Crippen LogP contribution in [0.3, 0.4) is 0 Å². The highest BCUT2D eigenvalue weighted by atomic mass is 35.5. The number of nitrogens with zero attached hydrogens (tertiary/aromatic N) is 3. The fraction of sp³-hybridized carbons (Fsp3) is 0.250. The van der Waals surface area contributed by atoms with Crippen LogP contribution in [0.2, 0.25) is 5.02 Å². The molecular formula is C20H17ClFN5O. The highest BCUT2D eigenvalue weighted by Gasteiger charge is 2.34. The predicted octanol–water partition coefficient (Wildman–Crippen LogP) is 4.06. The Morgan fingerprint density at radius 1 is 1.25 bits per heavy atom. The van der Waals surface area contributed by atoms with Crippen LogP contribution in [0.4, 0.5) is 16.0 Å². The van der Waals surface area contributed by atoms with Gasteiger partial charge >= 0.3 is 0 Å². The molecule has 142 valence electrons. The number of aromatic nitrogens is 3. The SMILES string of the molecule is Cn1c(Nc2cccc3c2C(c2cc(F)ccc2Cl)NC3=O)nnc1C1CC1. The number of benzene rings is 2. The molecule has 0 radical (unpaired) electrons. The van der Waals surface area contributed by atoms with Gasteiger partial charge in [-0.2, -0.15) is 0 Å². The third kappa shape index (κ3) is 2.74. The lowest BCUT2D eigenvalue weighted by Crippen LogP contribution is -2.20. The van der Waals surface area contributed by atoms with Crippen molar-refractivity contribution >= 4 is 29.1 Å². The largest absolute Gasteiger partial charge is 0.341 e. The Bertz CT molecular complexity index is 1110. The summed E-state index contributed by atoms with van der Waals surface area (Å²) < 4.78 is 15.8. The number of hydrogen-bond acceptors (Lipinski definition) is 4. The molecule has 2 aliphatic rings. The summed E-state index contributed by atoms with van der Waals surface area (Å²) in [5, 5.41) is 15.1. The molecule has 2 aromatic carbocycles. The van der Waals surface area contributed by atoms with Gasteiger partial charge in [0, 0.05) is 40.4 Å². The van der Waals surface area contributed by atoms with Gasteiger partial charge in [0.15, 0.2) is 0 Å². The summed E-state index contributed by atoms with van der Waals surface area (Å²) in [6.45, 7) is 0. The molecule has 3 aromatic rings. The molecular weight excluding hydrogens is 381 g/mol. The Morgan fingerprint density at radius 3 is 2.86 bits per heavy atom. The summed E-state index contributed by atoms with van der Waals surface area (Å²) in [5.74, 6) is 1.39. The average Bonchev–Trinajstić information content (AvgIpc) is 3.38. The molecule has 0 saturated heterocycles. The van der Waals surface area contributed by atoms with E-state index in [1.165, 1.54) is 18.2 Å². The molecule has 1 fully saturated rings. The monoisotopic (exact) mass is 397 g/mol. The van der Waals surface area contributed by atoms with Crippen molar-refractivity contribution in [3.63, 3.8) is 0 Å². The minimum Gasteiger partial charge on any atom is -0.341 e. The topological polar surface area (TPSA) is 71.8 Å². The Balaban J connectivity index is 1.58. The van der Waals surface area contributed by atoms with E-state index < -0.39 is 11.9 Å². The summed E-state index contributed by atoms with van der Waals surface area (Å²) in [5.41, 5.74) is 2.47. The maximum Gasteiger partial charge on any atom is 0.252 e. The van der Waals surface area contributed by atoms with Crippen LogP contribution >= 0.6 is 11.6 Å². The maximum atomic E-state index is 13.8. The normalized spacial score (nSPS) is 18.1. The Hall–Kier alpha value is -2.93. The van der Waals surface area contributed by atoms with Gasteiger partial charge in [-0.05, 0) is 43.2 Å². The molecule has 1 aliphatic carbocycles. The number of carbonyl (C=O) groups excluding carboxylic acids is 1. The van der Waals surface area contributed by atoms with Crippen molar-refractivity contribution in [3.8, 4) is 0 Å². The molecule has 0 spiro atoms. The van der Waals surface area contributed by atoms with E-state index in [9.17, 15) is 9.18 Å². The van der Waals surface area contributed by atoms with Crippen molar-refractivity contribution in [2.45, 2.75) is 24.8 Å². The van der Waals surface area contributed by atoms with Crippen LogP contribution in [0, 0.1) is 5.82 Å². The molecule has 1 saturated carbocycles. The van der Waals surface area contributed by atoms with E-state index in [1.807, 2.05) is 17.7 Å². The highest BCUT2D eigenvalue weighted by molar-refractivity contribution is 6.31. The third-order valence-electron chi connectivity index (χ3n) is 5.28. The molecule has 5 rings (SSSR count). The predicted molar refractivity (Wildman–Crippen MR) is 103 cm³/mol. The van der Waals surface area contributed by atoms with Gasteiger partial charge in [0.2, 0.25) is 5.95 Å². The minimum atomic E-state index is -0.550. The molecule has 8 heteroatoms. The fourth-order valence-electron chi connectivity index (χ4n) is 3.70. The first-order valence-corrected chi connectivity index (χ1v) is 9.45. The van der Waals surface area contributed by atoms with Crippen molar-refractivity contribution in [1.29, 1.82) is 0 Å². The number of carbonyl (C=O) groups is 1. The molecule has 6 nitrogen and oxygen atoms in total. The van der Waals surface area contributed by atoms with Crippen molar-refractivity contribution in [2.75, 3.05) is 5.32 Å². The minimum absolute atomic E-state index is 0.222. The number of nitrogens with one attached hydrogen (secondary N) is 2. The van der Waals surface area contributed by atoms with E-state index in [-0.39, 0.29) is 5.91 Å². The van der Waals surface area contributed by atoms with Gasteiger partial charge in [0.25, 0.3) is 5.91 Å². The van der Waals surface area contributed by atoms with Crippen LogP contribution in [0.5, 0.6) is 0 Å². The zero-order chi connectivity index (χ0) is 19.4. The summed E-state index contributed by atoms with van der Waals surface area (Å²) >= 11 is 6.31. The number of rotatable bonds is 4.